The molecule has 0 amide bonds. The highest BCUT2D eigenvalue weighted by molar-refractivity contribution is 7.91. The normalized spacial score (nSPS) is 37.2. The number of hydrogen-bond acceptors (Lipinski definition) is 5. The van der Waals surface area contributed by atoms with Crippen molar-refractivity contribution < 1.29 is 17.9 Å². The van der Waals surface area contributed by atoms with Crippen LogP contribution < -0.4 is 5.32 Å². The van der Waals surface area contributed by atoms with Gasteiger partial charge in [-0.1, -0.05) is 6.42 Å². The zero-order valence-electron chi connectivity index (χ0n) is 11.1. The van der Waals surface area contributed by atoms with Gasteiger partial charge in [-0.2, -0.15) is 0 Å². The summed E-state index contributed by atoms with van der Waals surface area (Å²) in [5, 5.41) is 3.15. The molecule has 3 atom stereocenters. The third-order valence-electron chi connectivity index (χ3n) is 4.19. The maximum absolute atomic E-state index is 11.7. The topological polar surface area (TPSA) is 64.6 Å². The first kappa shape index (κ1) is 14.2. The predicted molar refractivity (Wildman–Crippen MR) is 69.4 cm³/mol. The number of ether oxygens (including phenoxy) is 2. The number of methoxy groups -OCH3 is 1. The Morgan fingerprint density at radius 1 is 1.44 bits per heavy atom. The molecule has 1 saturated heterocycles. The summed E-state index contributed by atoms with van der Waals surface area (Å²) in [6.45, 7) is 1.97. The van der Waals surface area contributed by atoms with Gasteiger partial charge < -0.3 is 14.8 Å². The lowest BCUT2D eigenvalue weighted by molar-refractivity contribution is -0.0173. The fraction of sp³-hybridized carbons (Fsp3) is 1.00. The van der Waals surface area contributed by atoms with Gasteiger partial charge in [-0.15, -0.1) is 0 Å². The van der Waals surface area contributed by atoms with Gasteiger partial charge in [0.2, 0.25) is 0 Å². The van der Waals surface area contributed by atoms with Gasteiger partial charge in [-0.05, 0) is 12.8 Å². The van der Waals surface area contributed by atoms with E-state index in [1.165, 1.54) is 6.26 Å². The Kier molecular flexibility index (Phi) is 4.31. The summed E-state index contributed by atoms with van der Waals surface area (Å²) >= 11 is 0. The van der Waals surface area contributed by atoms with Crippen LogP contribution in [0.15, 0.2) is 0 Å². The maximum Gasteiger partial charge on any atom is 0.151 e. The summed E-state index contributed by atoms with van der Waals surface area (Å²) in [5.74, 6) is 0. The summed E-state index contributed by atoms with van der Waals surface area (Å²) in [7, 11) is -1.27. The lowest BCUT2D eigenvalue weighted by Crippen LogP contribution is -2.49. The van der Waals surface area contributed by atoms with E-state index >= 15 is 0 Å². The van der Waals surface area contributed by atoms with Gasteiger partial charge in [0, 0.05) is 39.0 Å². The second-order valence-electron chi connectivity index (χ2n) is 5.48. The second-order valence-corrected chi connectivity index (χ2v) is 7.74. The first-order valence-electron chi connectivity index (χ1n) is 6.52. The van der Waals surface area contributed by atoms with Crippen molar-refractivity contribution in [3.05, 3.63) is 0 Å². The summed E-state index contributed by atoms with van der Waals surface area (Å²) < 4.78 is 34.3. The molecular weight excluding hydrogens is 254 g/mol. The lowest BCUT2D eigenvalue weighted by atomic mass is 10.0. The zero-order valence-corrected chi connectivity index (χ0v) is 12.0. The van der Waals surface area contributed by atoms with Gasteiger partial charge in [-0.25, -0.2) is 8.42 Å². The number of nitrogens with one attached hydrogen (secondary N) is 1. The van der Waals surface area contributed by atoms with E-state index in [2.05, 4.69) is 5.32 Å². The van der Waals surface area contributed by atoms with Crippen molar-refractivity contribution in [2.45, 2.75) is 42.6 Å². The molecule has 5 nitrogen and oxygen atoms in total. The highest BCUT2D eigenvalue weighted by atomic mass is 32.2. The smallest absolute Gasteiger partial charge is 0.151 e. The van der Waals surface area contributed by atoms with Crippen LogP contribution >= 0.6 is 0 Å². The average Bonchev–Trinajstić information content (AvgIpc) is 2.95. The van der Waals surface area contributed by atoms with E-state index < -0.39 is 9.84 Å². The standard InChI is InChI=1S/C12H23NO4S/c1-16-12(6-7-17-9-12)8-13-10-4-3-5-11(10)18(2,14)15/h10-11,13H,3-9H2,1-2H3. The van der Waals surface area contributed by atoms with Gasteiger partial charge in [0.25, 0.3) is 0 Å². The summed E-state index contributed by atoms with van der Waals surface area (Å²) in [6, 6.07) is 0.0626. The Morgan fingerprint density at radius 2 is 2.22 bits per heavy atom. The minimum Gasteiger partial charge on any atom is -0.378 e. The van der Waals surface area contributed by atoms with Gasteiger partial charge in [0.1, 0.15) is 5.60 Å². The first-order valence-corrected chi connectivity index (χ1v) is 8.47. The molecule has 1 aliphatic heterocycles. The molecule has 1 saturated carbocycles. The number of rotatable bonds is 5. The Balaban J connectivity index is 1.93. The summed E-state index contributed by atoms with van der Waals surface area (Å²) in [6.07, 6.45) is 4.88. The van der Waals surface area contributed by atoms with Crippen molar-refractivity contribution >= 4 is 9.84 Å². The Morgan fingerprint density at radius 3 is 2.78 bits per heavy atom. The molecule has 2 aliphatic rings. The average molecular weight is 277 g/mol. The molecular formula is C12H23NO4S. The van der Waals surface area contributed by atoms with Crippen molar-refractivity contribution in [1.29, 1.82) is 0 Å². The van der Waals surface area contributed by atoms with Crippen LogP contribution in [0.3, 0.4) is 0 Å². The van der Waals surface area contributed by atoms with E-state index in [4.69, 9.17) is 9.47 Å². The van der Waals surface area contributed by atoms with Crippen molar-refractivity contribution in [1.82, 2.24) is 5.32 Å². The first-order chi connectivity index (χ1) is 8.47. The largest absolute Gasteiger partial charge is 0.378 e. The van der Waals surface area contributed by atoms with Crippen LogP contribution in [0.4, 0.5) is 0 Å². The van der Waals surface area contributed by atoms with Crippen molar-refractivity contribution in [2.75, 3.05) is 33.1 Å². The number of sulfone groups is 1. The lowest BCUT2D eigenvalue weighted by Gasteiger charge is -2.29. The van der Waals surface area contributed by atoms with E-state index in [-0.39, 0.29) is 16.9 Å². The van der Waals surface area contributed by atoms with E-state index in [1.807, 2.05) is 0 Å². The van der Waals surface area contributed by atoms with Crippen LogP contribution in [0.5, 0.6) is 0 Å². The van der Waals surface area contributed by atoms with Crippen LogP contribution in [-0.4, -0.2) is 58.4 Å². The fourth-order valence-electron chi connectivity index (χ4n) is 2.95. The molecule has 0 aromatic rings. The molecule has 6 heteroatoms. The molecule has 18 heavy (non-hydrogen) atoms. The minimum absolute atomic E-state index is 0.0626. The Hall–Kier alpha value is -0.170. The van der Waals surface area contributed by atoms with Crippen LogP contribution in [0, 0.1) is 0 Å². The third kappa shape index (κ3) is 3.04. The second kappa shape index (κ2) is 5.45. The van der Waals surface area contributed by atoms with Crippen molar-refractivity contribution in [2.24, 2.45) is 0 Å². The highest BCUT2D eigenvalue weighted by Crippen LogP contribution is 2.27. The molecule has 0 radical (unpaired) electrons. The molecule has 0 bridgehead atoms. The van der Waals surface area contributed by atoms with E-state index in [1.54, 1.807) is 7.11 Å². The Labute approximate surface area is 109 Å². The zero-order chi connectivity index (χ0) is 13.2. The van der Waals surface area contributed by atoms with Crippen molar-refractivity contribution in [3.8, 4) is 0 Å². The van der Waals surface area contributed by atoms with Crippen LogP contribution in [0.1, 0.15) is 25.7 Å². The fourth-order valence-corrected chi connectivity index (χ4v) is 4.37. The minimum atomic E-state index is -2.96. The molecule has 1 heterocycles. The van der Waals surface area contributed by atoms with Gasteiger partial charge in [-0.3, -0.25) is 0 Å². The summed E-state index contributed by atoms with van der Waals surface area (Å²) in [4.78, 5) is 0. The molecule has 0 spiro atoms. The molecule has 1 N–H and O–H groups in total. The van der Waals surface area contributed by atoms with Gasteiger partial charge in [0.15, 0.2) is 9.84 Å². The highest BCUT2D eigenvalue weighted by Gasteiger charge is 2.39. The van der Waals surface area contributed by atoms with Crippen molar-refractivity contribution in [3.63, 3.8) is 0 Å². The molecule has 106 valence electrons. The number of hydrogen-bond donors (Lipinski definition) is 1. The van der Waals surface area contributed by atoms with Gasteiger partial charge in [0.05, 0.1) is 11.9 Å². The summed E-state index contributed by atoms with van der Waals surface area (Å²) in [5.41, 5.74) is -0.273. The van der Waals surface area contributed by atoms with Crippen LogP contribution in [-0.2, 0) is 19.3 Å². The molecule has 0 aromatic heterocycles. The molecule has 2 fully saturated rings. The molecule has 1 aliphatic carbocycles. The van der Waals surface area contributed by atoms with Gasteiger partial charge >= 0.3 is 0 Å². The van der Waals surface area contributed by atoms with Crippen LogP contribution in [0.2, 0.25) is 0 Å². The monoisotopic (exact) mass is 277 g/mol. The Bertz CT molecular complexity index is 376. The molecule has 0 aromatic carbocycles. The molecule has 3 unspecified atom stereocenters. The SMILES string of the molecule is COC1(CNC2CCCC2S(C)(=O)=O)CCOC1. The quantitative estimate of drug-likeness (QED) is 0.785. The maximum atomic E-state index is 11.7. The van der Waals surface area contributed by atoms with E-state index in [0.717, 1.165) is 32.3 Å². The predicted octanol–water partition coefficient (Wildman–Crippen LogP) is 0.347. The van der Waals surface area contributed by atoms with E-state index in [0.29, 0.717) is 13.2 Å². The third-order valence-corrected chi connectivity index (χ3v) is 5.85. The van der Waals surface area contributed by atoms with E-state index in [9.17, 15) is 8.42 Å². The van der Waals surface area contributed by atoms with Crippen LogP contribution in [0.25, 0.3) is 0 Å². The molecule has 2 rings (SSSR count).